The second kappa shape index (κ2) is 10.1. The van der Waals surface area contributed by atoms with E-state index in [1.807, 2.05) is 48.2 Å². The molecule has 0 aliphatic carbocycles. The second-order valence-electron chi connectivity index (χ2n) is 7.89. The Morgan fingerprint density at radius 2 is 1.67 bits per heavy atom. The fourth-order valence-electron chi connectivity index (χ4n) is 4.21. The van der Waals surface area contributed by atoms with E-state index in [9.17, 15) is 9.59 Å². The van der Waals surface area contributed by atoms with Crippen molar-refractivity contribution in [3.63, 3.8) is 0 Å². The third-order valence-corrected chi connectivity index (χ3v) is 6.13. The van der Waals surface area contributed by atoms with Crippen molar-refractivity contribution in [3.05, 3.63) is 76.6 Å². The molecule has 1 fully saturated rings. The fourth-order valence-corrected chi connectivity index (χ4v) is 4.39. The van der Waals surface area contributed by atoms with Gasteiger partial charge in [-0.15, -0.1) is 0 Å². The molecule has 2 amide bonds. The van der Waals surface area contributed by atoms with Gasteiger partial charge >= 0.3 is 0 Å². The molecule has 7 nitrogen and oxygen atoms in total. The highest BCUT2D eigenvalue weighted by molar-refractivity contribution is 6.30. The van der Waals surface area contributed by atoms with E-state index in [0.717, 1.165) is 11.4 Å². The molecule has 0 radical (unpaired) electrons. The zero-order valence-corrected chi connectivity index (χ0v) is 19.6. The van der Waals surface area contributed by atoms with Crippen molar-refractivity contribution in [1.29, 1.82) is 0 Å². The summed E-state index contributed by atoms with van der Waals surface area (Å²) in [7, 11) is 1.56. The summed E-state index contributed by atoms with van der Waals surface area (Å²) in [4.78, 5) is 30.1. The predicted molar refractivity (Wildman–Crippen MR) is 127 cm³/mol. The molecule has 4 rings (SSSR count). The van der Waals surface area contributed by atoms with Crippen molar-refractivity contribution in [2.24, 2.45) is 0 Å². The van der Waals surface area contributed by atoms with Gasteiger partial charge in [-0.25, -0.2) is 4.68 Å². The van der Waals surface area contributed by atoms with E-state index in [4.69, 9.17) is 16.3 Å². The van der Waals surface area contributed by atoms with Gasteiger partial charge in [-0.1, -0.05) is 36.7 Å². The van der Waals surface area contributed by atoms with Crippen LogP contribution >= 0.6 is 11.6 Å². The molecule has 1 aromatic heterocycles. The van der Waals surface area contributed by atoms with E-state index < -0.39 is 0 Å². The Bertz CT molecular complexity index is 1160. The van der Waals surface area contributed by atoms with Crippen LogP contribution in [0.5, 0.6) is 5.75 Å². The Kier molecular flexibility index (Phi) is 6.99. The summed E-state index contributed by atoms with van der Waals surface area (Å²) >= 11 is 6.15. The second-order valence-corrected chi connectivity index (χ2v) is 8.32. The van der Waals surface area contributed by atoms with Crippen LogP contribution in [0.25, 0.3) is 5.69 Å². The molecule has 2 heterocycles. The number of carbonyl (C=O) groups excluding carboxylic acids is 2. The lowest BCUT2D eigenvalue weighted by molar-refractivity contribution is 0.0716. The first kappa shape index (κ1) is 22.9. The van der Waals surface area contributed by atoms with Crippen LogP contribution in [0.3, 0.4) is 0 Å². The maximum Gasteiger partial charge on any atom is 0.257 e. The molecule has 2 aromatic carbocycles. The van der Waals surface area contributed by atoms with Crippen LogP contribution in [0.4, 0.5) is 0 Å². The summed E-state index contributed by atoms with van der Waals surface area (Å²) < 4.78 is 7.12. The summed E-state index contributed by atoms with van der Waals surface area (Å²) in [6.07, 6.45) is 2.99. The number of benzene rings is 2. The van der Waals surface area contributed by atoms with Gasteiger partial charge in [0.25, 0.3) is 11.8 Å². The minimum atomic E-state index is -0.0789. The van der Waals surface area contributed by atoms with E-state index in [1.54, 1.807) is 35.0 Å². The Morgan fingerprint density at radius 3 is 2.33 bits per heavy atom. The number of methoxy groups -OCH3 is 1. The first-order valence-corrected chi connectivity index (χ1v) is 11.5. The van der Waals surface area contributed by atoms with Gasteiger partial charge < -0.3 is 14.5 Å². The highest BCUT2D eigenvalue weighted by Gasteiger charge is 2.27. The lowest BCUT2D eigenvalue weighted by atomic mass is 10.1. The number of carbonyl (C=O) groups is 2. The highest BCUT2D eigenvalue weighted by atomic mass is 35.5. The maximum atomic E-state index is 13.4. The third kappa shape index (κ3) is 4.73. The Hall–Kier alpha value is -3.32. The van der Waals surface area contributed by atoms with E-state index in [0.29, 0.717) is 60.9 Å². The largest absolute Gasteiger partial charge is 0.496 e. The van der Waals surface area contributed by atoms with Crippen molar-refractivity contribution in [2.75, 3.05) is 33.3 Å². The first-order chi connectivity index (χ1) is 16.0. The smallest absolute Gasteiger partial charge is 0.257 e. The normalized spacial score (nSPS) is 14.2. The zero-order valence-electron chi connectivity index (χ0n) is 18.8. The van der Waals surface area contributed by atoms with Gasteiger partial charge in [0.1, 0.15) is 5.75 Å². The monoisotopic (exact) mass is 466 g/mol. The average Bonchev–Trinajstić information content (AvgIpc) is 3.12. The molecule has 172 valence electrons. The van der Waals surface area contributed by atoms with Crippen LogP contribution < -0.4 is 4.74 Å². The van der Waals surface area contributed by atoms with Crippen molar-refractivity contribution >= 4 is 23.4 Å². The van der Waals surface area contributed by atoms with E-state index in [2.05, 4.69) is 5.10 Å². The SMILES string of the molecule is CCc1c(C(=O)N2CCCN(C(=O)c3ccccc3OC)CC2)cnn1-c1cccc(Cl)c1. The molecule has 0 bridgehead atoms. The van der Waals surface area contributed by atoms with Gasteiger partial charge in [0.05, 0.1) is 35.8 Å². The number of para-hydroxylation sites is 1. The molecule has 8 heteroatoms. The molecular weight excluding hydrogens is 440 g/mol. The summed E-state index contributed by atoms with van der Waals surface area (Å²) in [5, 5.41) is 5.09. The molecular formula is C25H27ClN4O3. The molecule has 0 unspecified atom stereocenters. The lowest BCUT2D eigenvalue weighted by Gasteiger charge is -2.23. The van der Waals surface area contributed by atoms with Gasteiger partial charge in [-0.3, -0.25) is 9.59 Å². The molecule has 33 heavy (non-hydrogen) atoms. The molecule has 1 saturated heterocycles. The van der Waals surface area contributed by atoms with Gasteiger partial charge in [0, 0.05) is 31.2 Å². The van der Waals surface area contributed by atoms with Crippen LogP contribution in [0.15, 0.2) is 54.7 Å². The summed E-state index contributed by atoms with van der Waals surface area (Å²) in [6.45, 7) is 4.10. The number of halogens is 1. The topological polar surface area (TPSA) is 67.7 Å². The highest BCUT2D eigenvalue weighted by Crippen LogP contribution is 2.22. The maximum absolute atomic E-state index is 13.4. The molecule has 0 atom stereocenters. The number of ether oxygens (including phenoxy) is 1. The number of aromatic nitrogens is 2. The van der Waals surface area contributed by atoms with Crippen LogP contribution in [0.1, 0.15) is 39.8 Å². The van der Waals surface area contributed by atoms with Gasteiger partial charge in [-0.05, 0) is 43.2 Å². The summed E-state index contributed by atoms with van der Waals surface area (Å²) in [5.41, 5.74) is 2.79. The zero-order chi connectivity index (χ0) is 23.4. The summed E-state index contributed by atoms with van der Waals surface area (Å²) in [5.74, 6) is 0.414. The van der Waals surface area contributed by atoms with Gasteiger partial charge in [-0.2, -0.15) is 5.10 Å². The predicted octanol–water partition coefficient (Wildman–Crippen LogP) is 4.09. The number of rotatable bonds is 5. The quantitative estimate of drug-likeness (QED) is 0.568. The van der Waals surface area contributed by atoms with Crippen molar-refractivity contribution in [2.45, 2.75) is 19.8 Å². The Balaban J connectivity index is 1.51. The van der Waals surface area contributed by atoms with Crippen LogP contribution in [-0.4, -0.2) is 64.7 Å². The Labute approximate surface area is 198 Å². The number of hydrogen-bond acceptors (Lipinski definition) is 4. The Morgan fingerprint density at radius 1 is 0.970 bits per heavy atom. The van der Waals surface area contributed by atoms with E-state index >= 15 is 0 Å². The van der Waals surface area contributed by atoms with Crippen molar-refractivity contribution in [1.82, 2.24) is 19.6 Å². The molecule has 1 aliphatic heterocycles. The van der Waals surface area contributed by atoms with E-state index in [1.165, 1.54) is 0 Å². The molecule has 1 aliphatic rings. The molecule has 0 N–H and O–H groups in total. The number of amides is 2. The van der Waals surface area contributed by atoms with E-state index in [-0.39, 0.29) is 11.8 Å². The molecule has 0 saturated carbocycles. The fraction of sp³-hybridized carbons (Fsp3) is 0.320. The lowest BCUT2D eigenvalue weighted by Crippen LogP contribution is -2.37. The summed E-state index contributed by atoms with van der Waals surface area (Å²) in [6, 6.07) is 14.6. The third-order valence-electron chi connectivity index (χ3n) is 5.89. The van der Waals surface area contributed by atoms with Crippen molar-refractivity contribution < 1.29 is 14.3 Å². The average molecular weight is 467 g/mol. The van der Waals surface area contributed by atoms with Crippen molar-refractivity contribution in [3.8, 4) is 11.4 Å². The van der Waals surface area contributed by atoms with Gasteiger partial charge in [0.15, 0.2) is 0 Å². The minimum Gasteiger partial charge on any atom is -0.496 e. The van der Waals surface area contributed by atoms with Gasteiger partial charge in [0.2, 0.25) is 0 Å². The standard InChI is InChI=1S/C25H27ClN4O3/c1-3-22-21(17-27-30(22)19-9-6-8-18(26)16-19)25(32)29-13-7-12-28(14-15-29)24(31)20-10-4-5-11-23(20)33-2/h4-6,8-11,16-17H,3,7,12-15H2,1-2H3. The number of nitrogens with zero attached hydrogens (tertiary/aromatic N) is 4. The van der Waals surface area contributed by atoms with Crippen LogP contribution in [-0.2, 0) is 6.42 Å². The molecule has 3 aromatic rings. The van der Waals surface area contributed by atoms with Crippen LogP contribution in [0.2, 0.25) is 5.02 Å². The minimum absolute atomic E-state index is 0.0632. The van der Waals surface area contributed by atoms with Crippen LogP contribution in [0, 0.1) is 0 Å². The first-order valence-electron chi connectivity index (χ1n) is 11.1. The molecule has 0 spiro atoms. The number of hydrogen-bond donors (Lipinski definition) is 0.